The summed E-state index contributed by atoms with van der Waals surface area (Å²) in [7, 11) is 3.17. The van der Waals surface area contributed by atoms with Crippen LogP contribution in [0.3, 0.4) is 0 Å². The van der Waals surface area contributed by atoms with Crippen molar-refractivity contribution in [1.82, 2.24) is 0 Å². The molecular formula is C17H20N2O3. The van der Waals surface area contributed by atoms with E-state index < -0.39 is 0 Å². The fourth-order valence-electron chi connectivity index (χ4n) is 2.05. The standard InChI is InChI=1S/C17H20N2O3/c1-12-5-4-6-13(9-12)19-17(20)11-18-15-8-7-14(21-2)10-16(15)22-3/h4-10,18H,11H2,1-3H3,(H,19,20). The van der Waals surface area contributed by atoms with Gasteiger partial charge in [0, 0.05) is 11.8 Å². The minimum Gasteiger partial charge on any atom is -0.497 e. The molecule has 2 aromatic rings. The molecule has 2 N–H and O–H groups in total. The lowest BCUT2D eigenvalue weighted by Crippen LogP contribution is -2.22. The van der Waals surface area contributed by atoms with Gasteiger partial charge in [0.15, 0.2) is 0 Å². The summed E-state index contributed by atoms with van der Waals surface area (Å²) in [5.74, 6) is 1.21. The van der Waals surface area contributed by atoms with Crippen molar-refractivity contribution in [3.63, 3.8) is 0 Å². The molecule has 2 rings (SSSR count). The monoisotopic (exact) mass is 300 g/mol. The van der Waals surface area contributed by atoms with Gasteiger partial charge in [-0.3, -0.25) is 4.79 Å². The summed E-state index contributed by atoms with van der Waals surface area (Å²) in [5, 5.41) is 5.90. The number of nitrogens with one attached hydrogen (secondary N) is 2. The quantitative estimate of drug-likeness (QED) is 0.861. The molecule has 0 spiro atoms. The van der Waals surface area contributed by atoms with Crippen molar-refractivity contribution >= 4 is 17.3 Å². The number of aryl methyl sites for hydroxylation is 1. The minimum atomic E-state index is -0.122. The van der Waals surface area contributed by atoms with Crippen LogP contribution in [-0.4, -0.2) is 26.7 Å². The summed E-state index contributed by atoms with van der Waals surface area (Å²) in [5.41, 5.74) is 2.62. The van der Waals surface area contributed by atoms with E-state index in [4.69, 9.17) is 9.47 Å². The van der Waals surface area contributed by atoms with Crippen LogP contribution in [-0.2, 0) is 4.79 Å². The van der Waals surface area contributed by atoms with Crippen molar-refractivity contribution < 1.29 is 14.3 Å². The van der Waals surface area contributed by atoms with Gasteiger partial charge in [0.25, 0.3) is 0 Å². The van der Waals surface area contributed by atoms with E-state index in [-0.39, 0.29) is 12.5 Å². The van der Waals surface area contributed by atoms with E-state index in [9.17, 15) is 4.79 Å². The number of benzene rings is 2. The van der Waals surface area contributed by atoms with Crippen molar-refractivity contribution in [2.45, 2.75) is 6.92 Å². The smallest absolute Gasteiger partial charge is 0.243 e. The Bertz CT molecular complexity index is 656. The molecule has 116 valence electrons. The van der Waals surface area contributed by atoms with Gasteiger partial charge in [-0.2, -0.15) is 0 Å². The molecule has 0 bridgehead atoms. The third-order valence-corrected chi connectivity index (χ3v) is 3.15. The van der Waals surface area contributed by atoms with Gasteiger partial charge in [-0.25, -0.2) is 0 Å². The molecule has 0 aliphatic heterocycles. The zero-order chi connectivity index (χ0) is 15.9. The Kier molecular flexibility index (Phi) is 5.25. The number of hydrogen-bond acceptors (Lipinski definition) is 4. The topological polar surface area (TPSA) is 59.6 Å². The van der Waals surface area contributed by atoms with E-state index in [1.807, 2.05) is 43.3 Å². The van der Waals surface area contributed by atoms with Crippen molar-refractivity contribution in [3.8, 4) is 11.5 Å². The molecule has 0 fully saturated rings. The maximum absolute atomic E-state index is 12.0. The molecule has 0 radical (unpaired) electrons. The van der Waals surface area contributed by atoms with Crippen LogP contribution >= 0.6 is 0 Å². The molecule has 1 amide bonds. The number of carbonyl (C=O) groups excluding carboxylic acids is 1. The van der Waals surface area contributed by atoms with Gasteiger partial charge in [0.1, 0.15) is 11.5 Å². The Morgan fingerprint density at radius 1 is 1.09 bits per heavy atom. The van der Waals surface area contributed by atoms with Crippen LogP contribution < -0.4 is 20.1 Å². The summed E-state index contributed by atoms with van der Waals surface area (Å²) in [6, 6.07) is 13.1. The Hall–Kier alpha value is -2.69. The van der Waals surface area contributed by atoms with E-state index >= 15 is 0 Å². The van der Waals surface area contributed by atoms with Crippen LogP contribution in [0.15, 0.2) is 42.5 Å². The molecule has 2 aromatic carbocycles. The van der Waals surface area contributed by atoms with Crippen molar-refractivity contribution in [3.05, 3.63) is 48.0 Å². The molecule has 0 heterocycles. The highest BCUT2D eigenvalue weighted by Crippen LogP contribution is 2.28. The molecule has 0 unspecified atom stereocenters. The highest BCUT2D eigenvalue weighted by molar-refractivity contribution is 5.94. The van der Waals surface area contributed by atoms with Crippen molar-refractivity contribution in [1.29, 1.82) is 0 Å². The average Bonchev–Trinajstić information content (AvgIpc) is 2.52. The van der Waals surface area contributed by atoms with Crippen LogP contribution in [0.2, 0.25) is 0 Å². The normalized spacial score (nSPS) is 9.95. The van der Waals surface area contributed by atoms with Gasteiger partial charge >= 0.3 is 0 Å². The average molecular weight is 300 g/mol. The van der Waals surface area contributed by atoms with Crippen molar-refractivity contribution in [2.75, 3.05) is 31.4 Å². The maximum Gasteiger partial charge on any atom is 0.243 e. The number of carbonyl (C=O) groups is 1. The Labute approximate surface area is 130 Å². The van der Waals surface area contributed by atoms with Gasteiger partial charge < -0.3 is 20.1 Å². The number of rotatable bonds is 6. The van der Waals surface area contributed by atoms with Gasteiger partial charge in [0.2, 0.25) is 5.91 Å². The van der Waals surface area contributed by atoms with Gasteiger partial charge in [-0.05, 0) is 36.8 Å². The summed E-state index contributed by atoms with van der Waals surface area (Å²) >= 11 is 0. The Morgan fingerprint density at radius 2 is 1.91 bits per heavy atom. The maximum atomic E-state index is 12.0. The lowest BCUT2D eigenvalue weighted by molar-refractivity contribution is -0.114. The number of anilines is 2. The van der Waals surface area contributed by atoms with E-state index in [2.05, 4.69) is 10.6 Å². The first-order valence-corrected chi connectivity index (χ1v) is 6.95. The zero-order valence-electron chi connectivity index (χ0n) is 13.0. The molecule has 0 aliphatic rings. The third kappa shape index (κ3) is 4.15. The van der Waals surface area contributed by atoms with Crippen LogP contribution in [0, 0.1) is 6.92 Å². The predicted molar refractivity (Wildman–Crippen MR) is 87.8 cm³/mol. The highest BCUT2D eigenvalue weighted by atomic mass is 16.5. The summed E-state index contributed by atoms with van der Waals surface area (Å²) < 4.78 is 10.4. The number of ether oxygens (including phenoxy) is 2. The number of amides is 1. The SMILES string of the molecule is COc1ccc(NCC(=O)Nc2cccc(C)c2)c(OC)c1. The first-order valence-electron chi connectivity index (χ1n) is 6.95. The summed E-state index contributed by atoms with van der Waals surface area (Å²) in [6.45, 7) is 2.13. The molecule has 0 aromatic heterocycles. The zero-order valence-corrected chi connectivity index (χ0v) is 13.0. The molecule has 5 nitrogen and oxygen atoms in total. The van der Waals surface area contributed by atoms with Gasteiger partial charge in [0.05, 0.1) is 26.5 Å². The fourth-order valence-corrected chi connectivity index (χ4v) is 2.05. The molecular weight excluding hydrogens is 280 g/mol. The van der Waals surface area contributed by atoms with Crippen LogP contribution in [0.5, 0.6) is 11.5 Å². The number of hydrogen-bond donors (Lipinski definition) is 2. The second-order valence-corrected chi connectivity index (χ2v) is 4.84. The summed E-state index contributed by atoms with van der Waals surface area (Å²) in [6.07, 6.45) is 0. The van der Waals surface area contributed by atoms with E-state index in [1.165, 1.54) is 0 Å². The molecule has 0 saturated carbocycles. The fraction of sp³-hybridized carbons (Fsp3) is 0.235. The number of methoxy groups -OCH3 is 2. The molecule has 22 heavy (non-hydrogen) atoms. The van der Waals surface area contributed by atoms with Crippen LogP contribution in [0.25, 0.3) is 0 Å². The Balaban J connectivity index is 1.96. The van der Waals surface area contributed by atoms with E-state index in [0.717, 1.165) is 16.9 Å². The van der Waals surface area contributed by atoms with Gasteiger partial charge in [-0.1, -0.05) is 12.1 Å². The lowest BCUT2D eigenvalue weighted by Gasteiger charge is -2.12. The lowest BCUT2D eigenvalue weighted by atomic mass is 10.2. The van der Waals surface area contributed by atoms with Crippen molar-refractivity contribution in [2.24, 2.45) is 0 Å². The third-order valence-electron chi connectivity index (χ3n) is 3.15. The molecule has 0 saturated heterocycles. The highest BCUT2D eigenvalue weighted by Gasteiger charge is 2.07. The predicted octanol–water partition coefficient (Wildman–Crippen LogP) is 3.06. The molecule has 0 aliphatic carbocycles. The molecule has 0 atom stereocenters. The van der Waals surface area contributed by atoms with E-state index in [0.29, 0.717) is 11.5 Å². The molecule has 5 heteroatoms. The van der Waals surface area contributed by atoms with Crippen LogP contribution in [0.1, 0.15) is 5.56 Å². The summed E-state index contributed by atoms with van der Waals surface area (Å²) in [4.78, 5) is 12.0. The minimum absolute atomic E-state index is 0.122. The van der Waals surface area contributed by atoms with Crippen LogP contribution in [0.4, 0.5) is 11.4 Å². The van der Waals surface area contributed by atoms with Gasteiger partial charge in [-0.15, -0.1) is 0 Å². The van der Waals surface area contributed by atoms with E-state index in [1.54, 1.807) is 20.3 Å². The largest absolute Gasteiger partial charge is 0.497 e. The first-order chi connectivity index (χ1) is 10.6. The Morgan fingerprint density at radius 3 is 2.59 bits per heavy atom. The second kappa shape index (κ2) is 7.36. The first kappa shape index (κ1) is 15.7. The second-order valence-electron chi connectivity index (χ2n) is 4.84.